The molecule has 1 atom stereocenters. The molecule has 0 bridgehead atoms. The summed E-state index contributed by atoms with van der Waals surface area (Å²) in [5.41, 5.74) is 2.21. The standard InChI is InChI=1S/C19H26N2O2/c1-14-6-11-17(23-14)12-21(5)13-18(22)20-16-9-7-15(8-10-16)19(2,3)4/h6-11H,12-13H2,1-5H3,(H,20,22)/p+1. The van der Waals surface area contributed by atoms with Crippen LogP contribution in [0.4, 0.5) is 5.69 Å². The number of amides is 1. The molecule has 1 heterocycles. The number of carbonyl (C=O) groups excluding carboxylic acids is 1. The predicted octanol–water partition coefficient (Wildman–Crippen LogP) is 2.54. The minimum atomic E-state index is 0.00860. The van der Waals surface area contributed by atoms with Gasteiger partial charge < -0.3 is 14.6 Å². The second-order valence-corrected chi connectivity index (χ2v) is 7.20. The fourth-order valence-corrected chi connectivity index (χ4v) is 2.47. The van der Waals surface area contributed by atoms with Crippen molar-refractivity contribution in [2.75, 3.05) is 18.9 Å². The second kappa shape index (κ2) is 7.01. The van der Waals surface area contributed by atoms with Crippen molar-refractivity contribution in [3.05, 3.63) is 53.5 Å². The molecule has 2 N–H and O–H groups in total. The highest BCUT2D eigenvalue weighted by atomic mass is 16.3. The highest BCUT2D eigenvalue weighted by molar-refractivity contribution is 5.91. The molecular formula is C19H27N2O2+. The zero-order chi connectivity index (χ0) is 17.0. The molecule has 0 saturated carbocycles. The van der Waals surface area contributed by atoms with Crippen LogP contribution in [0.25, 0.3) is 0 Å². The van der Waals surface area contributed by atoms with Crippen molar-refractivity contribution in [2.45, 2.75) is 39.7 Å². The van der Waals surface area contributed by atoms with Crippen molar-refractivity contribution in [1.82, 2.24) is 0 Å². The normalized spacial score (nSPS) is 12.9. The number of rotatable bonds is 5. The molecule has 0 saturated heterocycles. The van der Waals surface area contributed by atoms with Crippen molar-refractivity contribution in [3.8, 4) is 0 Å². The monoisotopic (exact) mass is 315 g/mol. The van der Waals surface area contributed by atoms with Gasteiger partial charge in [0.25, 0.3) is 5.91 Å². The molecule has 1 aromatic heterocycles. The fraction of sp³-hybridized carbons (Fsp3) is 0.421. The summed E-state index contributed by atoms with van der Waals surface area (Å²) in [6, 6.07) is 12.0. The highest BCUT2D eigenvalue weighted by Gasteiger charge is 2.15. The number of aryl methyl sites for hydroxylation is 1. The van der Waals surface area contributed by atoms with Gasteiger partial charge in [0.15, 0.2) is 12.3 Å². The zero-order valence-corrected chi connectivity index (χ0v) is 14.7. The first-order valence-electron chi connectivity index (χ1n) is 8.01. The lowest BCUT2D eigenvalue weighted by Gasteiger charge is -2.19. The van der Waals surface area contributed by atoms with Gasteiger partial charge in [-0.1, -0.05) is 32.9 Å². The van der Waals surface area contributed by atoms with Gasteiger partial charge >= 0.3 is 0 Å². The Morgan fingerprint density at radius 3 is 2.30 bits per heavy atom. The van der Waals surface area contributed by atoms with Crippen LogP contribution in [0.1, 0.15) is 37.9 Å². The molecule has 2 aromatic rings. The summed E-state index contributed by atoms with van der Waals surface area (Å²) < 4.78 is 5.55. The predicted molar refractivity (Wildman–Crippen MR) is 92.7 cm³/mol. The van der Waals surface area contributed by atoms with Crippen LogP contribution >= 0.6 is 0 Å². The largest absolute Gasteiger partial charge is 0.460 e. The number of furan rings is 1. The number of quaternary nitrogens is 1. The summed E-state index contributed by atoms with van der Waals surface area (Å²) in [6.45, 7) is 9.55. The first-order valence-corrected chi connectivity index (χ1v) is 8.01. The van der Waals surface area contributed by atoms with Crippen molar-refractivity contribution in [3.63, 3.8) is 0 Å². The lowest BCUT2D eigenvalue weighted by atomic mass is 9.87. The maximum absolute atomic E-state index is 12.1. The minimum absolute atomic E-state index is 0.00860. The average Bonchev–Trinajstić information content (AvgIpc) is 2.83. The van der Waals surface area contributed by atoms with E-state index in [4.69, 9.17) is 4.42 Å². The average molecular weight is 315 g/mol. The number of hydrogen-bond acceptors (Lipinski definition) is 2. The molecular weight excluding hydrogens is 288 g/mol. The van der Waals surface area contributed by atoms with E-state index in [1.165, 1.54) is 5.56 Å². The quantitative estimate of drug-likeness (QED) is 0.891. The first-order chi connectivity index (χ1) is 10.7. The zero-order valence-electron chi connectivity index (χ0n) is 14.7. The van der Waals surface area contributed by atoms with E-state index >= 15 is 0 Å². The third-order valence-electron chi connectivity index (χ3n) is 3.77. The molecule has 1 aromatic carbocycles. The number of nitrogens with one attached hydrogen (secondary N) is 2. The SMILES string of the molecule is Cc1ccc(C[NH+](C)CC(=O)Nc2ccc(C(C)(C)C)cc2)o1. The highest BCUT2D eigenvalue weighted by Crippen LogP contribution is 2.23. The van der Waals surface area contributed by atoms with Crippen LogP contribution < -0.4 is 10.2 Å². The van der Waals surface area contributed by atoms with Gasteiger partial charge in [0.05, 0.1) is 7.05 Å². The molecule has 0 spiro atoms. The molecule has 124 valence electrons. The van der Waals surface area contributed by atoms with Gasteiger partial charge in [-0.25, -0.2) is 0 Å². The van der Waals surface area contributed by atoms with E-state index < -0.39 is 0 Å². The molecule has 23 heavy (non-hydrogen) atoms. The van der Waals surface area contributed by atoms with Crippen LogP contribution in [-0.2, 0) is 16.8 Å². The van der Waals surface area contributed by atoms with E-state index in [0.717, 1.165) is 22.1 Å². The Balaban J connectivity index is 1.86. The van der Waals surface area contributed by atoms with E-state index in [-0.39, 0.29) is 11.3 Å². The molecule has 4 nitrogen and oxygen atoms in total. The molecule has 0 aliphatic carbocycles. The van der Waals surface area contributed by atoms with E-state index in [1.54, 1.807) is 0 Å². The number of anilines is 1. The molecule has 0 radical (unpaired) electrons. The second-order valence-electron chi connectivity index (χ2n) is 7.20. The van der Waals surface area contributed by atoms with Crippen molar-refractivity contribution in [1.29, 1.82) is 0 Å². The summed E-state index contributed by atoms with van der Waals surface area (Å²) in [6.07, 6.45) is 0. The van der Waals surface area contributed by atoms with Crippen molar-refractivity contribution < 1.29 is 14.1 Å². The van der Waals surface area contributed by atoms with Crippen LogP contribution in [-0.4, -0.2) is 19.5 Å². The topological polar surface area (TPSA) is 46.7 Å². The lowest BCUT2D eigenvalue weighted by molar-refractivity contribution is -0.886. The molecule has 1 unspecified atom stereocenters. The fourth-order valence-electron chi connectivity index (χ4n) is 2.47. The Bertz CT molecular complexity index is 651. The van der Waals surface area contributed by atoms with Gasteiger partial charge in [0, 0.05) is 5.69 Å². The Labute approximate surface area is 138 Å². The minimum Gasteiger partial charge on any atom is -0.460 e. The number of benzene rings is 1. The molecule has 4 heteroatoms. The van der Waals surface area contributed by atoms with E-state index in [2.05, 4.69) is 38.2 Å². The lowest BCUT2D eigenvalue weighted by Crippen LogP contribution is -3.08. The summed E-state index contributed by atoms with van der Waals surface area (Å²) in [4.78, 5) is 13.2. The van der Waals surface area contributed by atoms with E-state index in [0.29, 0.717) is 13.1 Å². The Hall–Kier alpha value is -2.07. The van der Waals surface area contributed by atoms with E-state index in [9.17, 15) is 4.79 Å². The van der Waals surface area contributed by atoms with Gasteiger partial charge in [0.1, 0.15) is 12.3 Å². The number of carbonyl (C=O) groups is 1. The Morgan fingerprint density at radius 1 is 1.13 bits per heavy atom. The van der Waals surface area contributed by atoms with Gasteiger partial charge in [0.2, 0.25) is 0 Å². The van der Waals surface area contributed by atoms with E-state index in [1.807, 2.05) is 38.2 Å². The van der Waals surface area contributed by atoms with Crippen molar-refractivity contribution >= 4 is 11.6 Å². The van der Waals surface area contributed by atoms with Gasteiger partial charge in [-0.3, -0.25) is 4.79 Å². The van der Waals surface area contributed by atoms with Crippen LogP contribution in [0.3, 0.4) is 0 Å². The maximum atomic E-state index is 12.1. The van der Waals surface area contributed by atoms with Crippen molar-refractivity contribution in [2.24, 2.45) is 0 Å². The maximum Gasteiger partial charge on any atom is 0.279 e. The van der Waals surface area contributed by atoms with Crippen LogP contribution in [0, 0.1) is 6.92 Å². The third kappa shape index (κ3) is 5.25. The number of hydrogen-bond donors (Lipinski definition) is 2. The van der Waals surface area contributed by atoms with Crippen LogP contribution in [0.2, 0.25) is 0 Å². The van der Waals surface area contributed by atoms with Gasteiger partial charge in [-0.2, -0.15) is 0 Å². The first kappa shape index (κ1) is 17.3. The third-order valence-corrected chi connectivity index (χ3v) is 3.77. The summed E-state index contributed by atoms with van der Waals surface area (Å²) in [7, 11) is 1.99. The summed E-state index contributed by atoms with van der Waals surface area (Å²) >= 11 is 0. The molecule has 0 aliphatic rings. The summed E-state index contributed by atoms with van der Waals surface area (Å²) in [5, 5.41) is 2.95. The molecule has 2 rings (SSSR count). The number of likely N-dealkylation sites (N-methyl/N-ethyl adjacent to an activating group) is 1. The van der Waals surface area contributed by atoms with Crippen LogP contribution in [0.5, 0.6) is 0 Å². The molecule has 0 fully saturated rings. The van der Waals surface area contributed by atoms with Crippen LogP contribution in [0.15, 0.2) is 40.8 Å². The Morgan fingerprint density at radius 2 is 1.78 bits per heavy atom. The molecule has 1 amide bonds. The smallest absolute Gasteiger partial charge is 0.279 e. The summed E-state index contributed by atoms with van der Waals surface area (Å²) in [5.74, 6) is 1.81. The van der Waals surface area contributed by atoms with Gasteiger partial charge in [-0.05, 0) is 42.2 Å². The Kier molecular flexibility index (Phi) is 5.26. The van der Waals surface area contributed by atoms with Gasteiger partial charge in [-0.15, -0.1) is 0 Å². The molecule has 0 aliphatic heterocycles.